The van der Waals surface area contributed by atoms with Crippen molar-refractivity contribution in [3.63, 3.8) is 0 Å². The van der Waals surface area contributed by atoms with Gasteiger partial charge in [-0.05, 0) is 43.4 Å². The molecule has 2 aromatic heterocycles. The fraction of sp³-hybridized carbons (Fsp3) is 0.391. The lowest BCUT2D eigenvalue weighted by Crippen LogP contribution is -2.51. The van der Waals surface area contributed by atoms with E-state index in [1.165, 1.54) is 18.5 Å². The summed E-state index contributed by atoms with van der Waals surface area (Å²) in [5, 5.41) is 7.99. The van der Waals surface area contributed by atoms with Crippen molar-refractivity contribution in [1.29, 1.82) is 0 Å². The SMILES string of the molecule is Cc1ccc(C(=O)N2CCC[C@@H](C)[C@H]2COc2ccc(C(F)(F)F)cn2)c(-n2nccn2)c1F. The van der Waals surface area contributed by atoms with Crippen molar-refractivity contribution in [1.82, 2.24) is 24.9 Å². The summed E-state index contributed by atoms with van der Waals surface area (Å²) in [6, 6.07) is 4.75. The van der Waals surface area contributed by atoms with Gasteiger partial charge < -0.3 is 9.64 Å². The van der Waals surface area contributed by atoms with E-state index in [0.717, 1.165) is 29.8 Å². The fourth-order valence-corrected chi connectivity index (χ4v) is 4.08. The van der Waals surface area contributed by atoms with Crippen LogP contribution in [0, 0.1) is 18.7 Å². The number of benzene rings is 1. The molecule has 1 amide bonds. The third-order valence-electron chi connectivity index (χ3n) is 6.00. The largest absolute Gasteiger partial charge is 0.475 e. The van der Waals surface area contributed by atoms with Gasteiger partial charge >= 0.3 is 6.18 Å². The highest BCUT2D eigenvalue weighted by Crippen LogP contribution is 2.31. The van der Waals surface area contributed by atoms with E-state index in [4.69, 9.17) is 4.74 Å². The first kappa shape index (κ1) is 23.7. The topological polar surface area (TPSA) is 73.1 Å². The molecule has 3 aromatic rings. The van der Waals surface area contributed by atoms with E-state index >= 15 is 4.39 Å². The molecule has 0 aliphatic carbocycles. The Hall–Kier alpha value is -3.50. The molecule has 0 radical (unpaired) electrons. The fourth-order valence-electron chi connectivity index (χ4n) is 4.08. The second-order valence-electron chi connectivity index (χ2n) is 8.29. The molecular weight excluding hydrogens is 454 g/mol. The predicted molar refractivity (Wildman–Crippen MR) is 114 cm³/mol. The second-order valence-corrected chi connectivity index (χ2v) is 8.29. The Labute approximate surface area is 193 Å². The van der Waals surface area contributed by atoms with Gasteiger partial charge in [0.15, 0.2) is 5.82 Å². The molecule has 7 nitrogen and oxygen atoms in total. The maximum absolute atomic E-state index is 15.0. The molecule has 3 heterocycles. The number of hydrogen-bond acceptors (Lipinski definition) is 5. The zero-order chi connectivity index (χ0) is 24.5. The number of rotatable bonds is 5. The monoisotopic (exact) mass is 477 g/mol. The van der Waals surface area contributed by atoms with E-state index in [2.05, 4.69) is 15.2 Å². The Morgan fingerprint density at radius 3 is 2.56 bits per heavy atom. The number of ether oxygens (including phenoxy) is 1. The third-order valence-corrected chi connectivity index (χ3v) is 6.00. The van der Waals surface area contributed by atoms with E-state index < -0.39 is 23.5 Å². The molecule has 0 bridgehead atoms. The van der Waals surface area contributed by atoms with Gasteiger partial charge in [-0.2, -0.15) is 23.4 Å². The number of hydrogen-bond donors (Lipinski definition) is 0. The summed E-state index contributed by atoms with van der Waals surface area (Å²) in [6.45, 7) is 4.03. The van der Waals surface area contributed by atoms with Crippen LogP contribution >= 0.6 is 0 Å². The summed E-state index contributed by atoms with van der Waals surface area (Å²) >= 11 is 0. The highest BCUT2D eigenvalue weighted by molar-refractivity contribution is 5.98. The predicted octanol–water partition coefficient (Wildman–Crippen LogP) is 4.45. The molecular formula is C23H23F4N5O2. The molecule has 0 spiro atoms. The standard InChI is InChI=1S/C23H23F4N5O2/c1-14-4-3-11-31(18(14)13-34-19-8-6-16(12-28-19)23(25,26)27)22(33)17-7-5-15(2)20(24)21(17)32-29-9-10-30-32/h5-10,12,14,18H,3-4,11,13H2,1-2H3/t14-,18-/m1/s1. The van der Waals surface area contributed by atoms with Crippen molar-refractivity contribution in [3.05, 3.63) is 65.4 Å². The van der Waals surface area contributed by atoms with Crippen LogP contribution in [0.1, 0.15) is 41.3 Å². The minimum Gasteiger partial charge on any atom is -0.475 e. The zero-order valence-electron chi connectivity index (χ0n) is 18.6. The van der Waals surface area contributed by atoms with Gasteiger partial charge in [0.05, 0.1) is 29.6 Å². The van der Waals surface area contributed by atoms with E-state index in [1.807, 2.05) is 6.92 Å². The molecule has 11 heteroatoms. The van der Waals surface area contributed by atoms with Crippen LogP contribution in [0.2, 0.25) is 0 Å². The van der Waals surface area contributed by atoms with Crippen LogP contribution in [0.25, 0.3) is 5.69 Å². The number of alkyl halides is 3. The molecule has 0 unspecified atom stereocenters. The smallest absolute Gasteiger partial charge is 0.417 e. The van der Waals surface area contributed by atoms with Gasteiger partial charge in [0.1, 0.15) is 12.3 Å². The third kappa shape index (κ3) is 4.73. The van der Waals surface area contributed by atoms with Crippen molar-refractivity contribution in [2.24, 2.45) is 5.92 Å². The van der Waals surface area contributed by atoms with Gasteiger partial charge in [-0.15, -0.1) is 4.80 Å². The number of carbonyl (C=O) groups is 1. The van der Waals surface area contributed by atoms with Crippen molar-refractivity contribution < 1.29 is 27.1 Å². The maximum Gasteiger partial charge on any atom is 0.417 e. The molecule has 4 rings (SSSR count). The number of aryl methyl sites for hydroxylation is 1. The number of amides is 1. The number of halogens is 4. The van der Waals surface area contributed by atoms with E-state index in [-0.39, 0.29) is 35.7 Å². The average Bonchev–Trinajstić information content (AvgIpc) is 3.33. The Kier molecular flexibility index (Phi) is 6.54. The zero-order valence-corrected chi connectivity index (χ0v) is 18.6. The first-order valence-corrected chi connectivity index (χ1v) is 10.8. The molecule has 1 aliphatic rings. The number of carbonyl (C=O) groups excluding carboxylic acids is 1. The van der Waals surface area contributed by atoms with Crippen LogP contribution in [-0.4, -0.2) is 50.0 Å². The van der Waals surface area contributed by atoms with Crippen LogP contribution < -0.4 is 4.74 Å². The number of aromatic nitrogens is 4. The molecule has 1 aromatic carbocycles. The summed E-state index contributed by atoms with van der Waals surface area (Å²) in [5.74, 6) is -0.907. The van der Waals surface area contributed by atoms with Crippen LogP contribution in [0.3, 0.4) is 0 Å². The van der Waals surface area contributed by atoms with E-state index in [9.17, 15) is 18.0 Å². The van der Waals surface area contributed by atoms with Crippen LogP contribution in [0.15, 0.2) is 42.9 Å². The van der Waals surface area contributed by atoms with E-state index in [0.29, 0.717) is 18.3 Å². The lowest BCUT2D eigenvalue weighted by molar-refractivity contribution is -0.137. The van der Waals surface area contributed by atoms with Gasteiger partial charge in [0.2, 0.25) is 5.88 Å². The lowest BCUT2D eigenvalue weighted by atomic mass is 9.90. The quantitative estimate of drug-likeness (QED) is 0.508. The number of nitrogens with zero attached hydrogens (tertiary/aromatic N) is 5. The summed E-state index contributed by atoms with van der Waals surface area (Å²) in [5.41, 5.74) is -0.434. The summed E-state index contributed by atoms with van der Waals surface area (Å²) < 4.78 is 59.0. The average molecular weight is 477 g/mol. The van der Waals surface area contributed by atoms with Crippen LogP contribution in [0.5, 0.6) is 5.88 Å². The van der Waals surface area contributed by atoms with Gasteiger partial charge in [-0.1, -0.05) is 13.0 Å². The molecule has 1 saturated heterocycles. The Balaban J connectivity index is 1.58. The summed E-state index contributed by atoms with van der Waals surface area (Å²) in [7, 11) is 0. The minimum atomic E-state index is -4.49. The summed E-state index contributed by atoms with van der Waals surface area (Å²) in [6.07, 6.45) is 0.608. The number of likely N-dealkylation sites (tertiary alicyclic amines) is 1. The molecule has 0 saturated carbocycles. The number of piperidine rings is 1. The first-order chi connectivity index (χ1) is 16.2. The Morgan fingerprint density at radius 1 is 1.18 bits per heavy atom. The first-order valence-electron chi connectivity index (χ1n) is 10.8. The highest BCUT2D eigenvalue weighted by atomic mass is 19.4. The molecule has 1 fully saturated rings. The van der Waals surface area contributed by atoms with Gasteiger partial charge in [-0.3, -0.25) is 4.79 Å². The van der Waals surface area contributed by atoms with Crippen LogP contribution in [-0.2, 0) is 6.18 Å². The maximum atomic E-state index is 15.0. The molecule has 1 aliphatic heterocycles. The lowest BCUT2D eigenvalue weighted by Gasteiger charge is -2.40. The number of pyridine rings is 1. The van der Waals surface area contributed by atoms with Crippen molar-refractivity contribution in [3.8, 4) is 11.6 Å². The Morgan fingerprint density at radius 2 is 1.91 bits per heavy atom. The Bertz CT molecular complexity index is 1150. The molecule has 2 atom stereocenters. The molecule has 34 heavy (non-hydrogen) atoms. The van der Waals surface area contributed by atoms with E-state index in [1.54, 1.807) is 17.9 Å². The van der Waals surface area contributed by atoms with Gasteiger partial charge in [-0.25, -0.2) is 9.37 Å². The summed E-state index contributed by atoms with van der Waals surface area (Å²) in [4.78, 5) is 20.0. The normalized spacial score (nSPS) is 18.7. The van der Waals surface area contributed by atoms with Crippen molar-refractivity contribution in [2.75, 3.05) is 13.2 Å². The van der Waals surface area contributed by atoms with Crippen molar-refractivity contribution >= 4 is 5.91 Å². The van der Waals surface area contributed by atoms with Gasteiger partial charge in [0, 0.05) is 18.8 Å². The highest BCUT2D eigenvalue weighted by Gasteiger charge is 2.35. The minimum absolute atomic E-state index is 0.0287. The molecule has 180 valence electrons. The second kappa shape index (κ2) is 9.40. The molecule has 0 N–H and O–H groups in total. The van der Waals surface area contributed by atoms with Crippen LogP contribution in [0.4, 0.5) is 17.6 Å². The van der Waals surface area contributed by atoms with Crippen molar-refractivity contribution in [2.45, 2.75) is 38.9 Å². The van der Waals surface area contributed by atoms with Gasteiger partial charge in [0.25, 0.3) is 5.91 Å².